The zero-order valence-corrected chi connectivity index (χ0v) is 18.0. The summed E-state index contributed by atoms with van der Waals surface area (Å²) in [5, 5.41) is 11.7. The molecule has 0 unspecified atom stereocenters. The first-order valence-corrected chi connectivity index (χ1v) is 10.3. The molecule has 32 heavy (non-hydrogen) atoms. The Morgan fingerprint density at radius 1 is 1.12 bits per heavy atom. The summed E-state index contributed by atoms with van der Waals surface area (Å²) in [7, 11) is 1.75. The first-order chi connectivity index (χ1) is 15.5. The molecule has 0 radical (unpaired) electrons. The predicted octanol–water partition coefficient (Wildman–Crippen LogP) is 3.52. The minimum atomic E-state index is -0.353. The molecule has 0 atom stereocenters. The van der Waals surface area contributed by atoms with Crippen LogP contribution in [0.15, 0.2) is 48.8 Å². The van der Waals surface area contributed by atoms with E-state index in [1.54, 1.807) is 42.3 Å². The number of nitrogens with zero attached hydrogens (tertiary/aromatic N) is 3. The Balaban J connectivity index is 1.63. The maximum absolute atomic E-state index is 14.2. The molecule has 3 aromatic rings. The number of carbonyl (C=O) groups excluding carboxylic acids is 1. The molecule has 7 nitrogen and oxygen atoms in total. The molecule has 1 aliphatic rings. The standard InChI is InChI=1S/C24H24FN5O2/c1-15-3-5-20(25)18(11-15)17-13-28-23(29-14-17)22(26)19-12-16(4-6-21(19)27-2)24(31)30-7-9-32-10-8-30/h3-6,11-14,26-27H,7-10H2,1-2H3. The number of nitrogens with one attached hydrogen (secondary N) is 2. The molecule has 164 valence electrons. The molecular weight excluding hydrogens is 409 g/mol. The van der Waals surface area contributed by atoms with Crippen molar-refractivity contribution < 1.29 is 13.9 Å². The van der Waals surface area contributed by atoms with Gasteiger partial charge >= 0.3 is 0 Å². The van der Waals surface area contributed by atoms with Crippen molar-refractivity contribution in [2.24, 2.45) is 0 Å². The number of hydrogen-bond donors (Lipinski definition) is 2. The van der Waals surface area contributed by atoms with E-state index in [0.717, 1.165) is 5.56 Å². The van der Waals surface area contributed by atoms with Crippen molar-refractivity contribution >= 4 is 17.3 Å². The highest BCUT2D eigenvalue weighted by Gasteiger charge is 2.21. The highest BCUT2D eigenvalue weighted by atomic mass is 19.1. The molecule has 2 N–H and O–H groups in total. The van der Waals surface area contributed by atoms with Crippen LogP contribution in [-0.2, 0) is 4.74 Å². The van der Waals surface area contributed by atoms with Crippen LogP contribution in [0.2, 0.25) is 0 Å². The first-order valence-electron chi connectivity index (χ1n) is 10.3. The number of rotatable bonds is 5. The molecule has 8 heteroatoms. The maximum atomic E-state index is 14.2. The largest absolute Gasteiger partial charge is 0.388 e. The number of ether oxygens (including phenoxy) is 1. The molecule has 2 heterocycles. The van der Waals surface area contributed by atoms with Crippen molar-refractivity contribution in [3.05, 3.63) is 77.1 Å². The van der Waals surface area contributed by atoms with E-state index in [-0.39, 0.29) is 23.3 Å². The van der Waals surface area contributed by atoms with Gasteiger partial charge in [0, 0.05) is 60.5 Å². The fourth-order valence-corrected chi connectivity index (χ4v) is 3.63. The van der Waals surface area contributed by atoms with Gasteiger partial charge in [0.2, 0.25) is 0 Å². The summed E-state index contributed by atoms with van der Waals surface area (Å²) >= 11 is 0. The molecule has 2 aromatic carbocycles. The zero-order chi connectivity index (χ0) is 22.7. The van der Waals surface area contributed by atoms with Gasteiger partial charge in [0.1, 0.15) is 11.5 Å². The number of benzene rings is 2. The normalized spacial score (nSPS) is 13.7. The van der Waals surface area contributed by atoms with Gasteiger partial charge in [0.15, 0.2) is 5.82 Å². The second-order valence-electron chi connectivity index (χ2n) is 7.57. The van der Waals surface area contributed by atoms with Crippen LogP contribution >= 0.6 is 0 Å². The van der Waals surface area contributed by atoms with Crippen LogP contribution < -0.4 is 5.32 Å². The molecule has 1 aromatic heterocycles. The summed E-state index contributed by atoms with van der Waals surface area (Å²) in [6.07, 6.45) is 3.02. The Kier molecular flexibility index (Phi) is 6.23. The number of aromatic nitrogens is 2. The van der Waals surface area contributed by atoms with E-state index in [4.69, 9.17) is 10.1 Å². The molecule has 1 amide bonds. The van der Waals surface area contributed by atoms with Crippen LogP contribution in [0.25, 0.3) is 11.1 Å². The Labute approximate surface area is 185 Å². The third-order valence-electron chi connectivity index (χ3n) is 5.41. The van der Waals surface area contributed by atoms with Crippen molar-refractivity contribution in [2.75, 3.05) is 38.7 Å². The van der Waals surface area contributed by atoms with Gasteiger partial charge in [-0.15, -0.1) is 0 Å². The van der Waals surface area contributed by atoms with Gasteiger partial charge in [-0.2, -0.15) is 0 Å². The number of hydrogen-bond acceptors (Lipinski definition) is 6. The van der Waals surface area contributed by atoms with E-state index in [1.165, 1.54) is 18.5 Å². The monoisotopic (exact) mass is 433 g/mol. The van der Waals surface area contributed by atoms with Gasteiger partial charge in [-0.05, 0) is 37.3 Å². The fraction of sp³-hybridized carbons (Fsp3) is 0.250. The Hall–Kier alpha value is -3.65. The average Bonchev–Trinajstić information content (AvgIpc) is 2.85. The minimum absolute atomic E-state index is 0.0715. The molecule has 0 spiro atoms. The predicted molar refractivity (Wildman–Crippen MR) is 121 cm³/mol. The summed E-state index contributed by atoms with van der Waals surface area (Å²) in [4.78, 5) is 23.2. The Bertz CT molecular complexity index is 1160. The van der Waals surface area contributed by atoms with Crippen molar-refractivity contribution in [1.82, 2.24) is 14.9 Å². The lowest BCUT2D eigenvalue weighted by Crippen LogP contribution is -2.40. The van der Waals surface area contributed by atoms with Crippen molar-refractivity contribution in [3.63, 3.8) is 0 Å². The van der Waals surface area contributed by atoms with E-state index < -0.39 is 0 Å². The average molecular weight is 433 g/mol. The van der Waals surface area contributed by atoms with Crippen molar-refractivity contribution in [2.45, 2.75) is 6.92 Å². The van der Waals surface area contributed by atoms with Gasteiger partial charge in [-0.25, -0.2) is 14.4 Å². The van der Waals surface area contributed by atoms with Crippen LogP contribution in [-0.4, -0.2) is 59.8 Å². The highest BCUT2D eigenvalue weighted by Crippen LogP contribution is 2.24. The van der Waals surface area contributed by atoms with E-state index in [9.17, 15) is 9.18 Å². The lowest BCUT2D eigenvalue weighted by molar-refractivity contribution is 0.0303. The SMILES string of the molecule is CNc1ccc(C(=O)N2CCOCC2)cc1C(=N)c1ncc(-c2cc(C)ccc2F)cn1. The molecule has 1 aliphatic heterocycles. The van der Waals surface area contributed by atoms with Crippen LogP contribution in [0.5, 0.6) is 0 Å². The second kappa shape index (κ2) is 9.23. The maximum Gasteiger partial charge on any atom is 0.254 e. The molecule has 0 saturated carbocycles. The van der Waals surface area contributed by atoms with E-state index in [2.05, 4.69) is 15.3 Å². The smallest absolute Gasteiger partial charge is 0.254 e. The summed E-state index contributed by atoms with van der Waals surface area (Å²) in [6, 6.07) is 10.0. The van der Waals surface area contributed by atoms with Gasteiger partial charge in [0.05, 0.1) is 13.2 Å². The highest BCUT2D eigenvalue weighted by molar-refractivity contribution is 6.13. The summed E-state index contributed by atoms with van der Waals surface area (Å²) in [5.41, 5.74) is 3.64. The summed E-state index contributed by atoms with van der Waals surface area (Å²) in [6.45, 7) is 4.01. The number of halogens is 1. The minimum Gasteiger partial charge on any atom is -0.388 e. The number of amides is 1. The Morgan fingerprint density at radius 2 is 1.84 bits per heavy atom. The lowest BCUT2D eigenvalue weighted by Gasteiger charge is -2.27. The van der Waals surface area contributed by atoms with E-state index in [1.807, 2.05) is 6.92 Å². The molecular formula is C24H24FN5O2. The number of anilines is 1. The van der Waals surface area contributed by atoms with E-state index >= 15 is 0 Å². The van der Waals surface area contributed by atoms with Crippen molar-refractivity contribution in [3.8, 4) is 11.1 Å². The summed E-state index contributed by atoms with van der Waals surface area (Å²) in [5.74, 6) is -0.265. The van der Waals surface area contributed by atoms with Crippen LogP contribution in [0.1, 0.15) is 27.3 Å². The van der Waals surface area contributed by atoms with Crippen molar-refractivity contribution in [1.29, 1.82) is 5.41 Å². The summed E-state index contributed by atoms with van der Waals surface area (Å²) < 4.78 is 19.5. The van der Waals surface area contributed by atoms with Gasteiger partial charge in [-0.3, -0.25) is 10.2 Å². The number of carbonyl (C=O) groups is 1. The third-order valence-corrected chi connectivity index (χ3v) is 5.41. The zero-order valence-electron chi connectivity index (χ0n) is 18.0. The molecule has 4 rings (SSSR count). The molecule has 1 saturated heterocycles. The van der Waals surface area contributed by atoms with Crippen LogP contribution in [0.4, 0.5) is 10.1 Å². The quantitative estimate of drug-likeness (QED) is 0.601. The van der Waals surface area contributed by atoms with Gasteiger partial charge < -0.3 is 15.0 Å². The molecule has 0 bridgehead atoms. The molecule has 0 aliphatic carbocycles. The topological polar surface area (TPSA) is 91.2 Å². The fourth-order valence-electron chi connectivity index (χ4n) is 3.63. The number of aryl methyl sites for hydroxylation is 1. The van der Waals surface area contributed by atoms with Gasteiger partial charge in [0.25, 0.3) is 5.91 Å². The van der Waals surface area contributed by atoms with Gasteiger partial charge in [-0.1, -0.05) is 11.6 Å². The third kappa shape index (κ3) is 4.36. The van der Waals surface area contributed by atoms with Crippen LogP contribution in [0, 0.1) is 18.2 Å². The van der Waals surface area contributed by atoms with Crippen LogP contribution in [0.3, 0.4) is 0 Å². The first kappa shape index (κ1) is 21.6. The lowest BCUT2D eigenvalue weighted by atomic mass is 10.0. The molecule has 1 fully saturated rings. The van der Waals surface area contributed by atoms with E-state index in [0.29, 0.717) is 54.2 Å². The number of morpholine rings is 1. The Morgan fingerprint density at radius 3 is 2.53 bits per heavy atom. The second-order valence-corrected chi connectivity index (χ2v) is 7.57.